The number of benzene rings is 1. The van der Waals surface area contributed by atoms with Gasteiger partial charge in [0.15, 0.2) is 0 Å². The van der Waals surface area contributed by atoms with Crippen LogP contribution in [0.5, 0.6) is 0 Å². The molecule has 0 radical (unpaired) electrons. The lowest BCUT2D eigenvalue weighted by Gasteiger charge is -2.23. The number of aromatic nitrogens is 1. The van der Waals surface area contributed by atoms with Crippen LogP contribution < -0.4 is 5.32 Å². The summed E-state index contributed by atoms with van der Waals surface area (Å²) in [6, 6.07) is 8.11. The van der Waals surface area contributed by atoms with Gasteiger partial charge in [-0.2, -0.15) is 13.2 Å². The van der Waals surface area contributed by atoms with Crippen LogP contribution in [-0.4, -0.2) is 16.1 Å². The first kappa shape index (κ1) is 17.4. The molecule has 2 unspecified atom stereocenters. The van der Waals surface area contributed by atoms with Crippen molar-refractivity contribution in [2.45, 2.75) is 38.2 Å². The van der Waals surface area contributed by atoms with E-state index in [0.29, 0.717) is 18.5 Å². The van der Waals surface area contributed by atoms with Crippen LogP contribution in [-0.2, 0) is 12.7 Å². The van der Waals surface area contributed by atoms with Crippen molar-refractivity contribution in [3.8, 4) is 0 Å². The molecule has 2 aromatic rings. The second-order valence-electron chi connectivity index (χ2n) is 5.32. The molecule has 124 valence electrons. The molecule has 1 aromatic heterocycles. The molecule has 0 bridgehead atoms. The van der Waals surface area contributed by atoms with Crippen LogP contribution in [0.3, 0.4) is 0 Å². The minimum atomic E-state index is -4.37. The summed E-state index contributed by atoms with van der Waals surface area (Å²) in [5.74, 6) is 0. The predicted molar refractivity (Wildman–Crippen MR) is 81.6 cm³/mol. The summed E-state index contributed by atoms with van der Waals surface area (Å²) >= 11 is 0. The van der Waals surface area contributed by atoms with Gasteiger partial charge < -0.3 is 10.4 Å². The average Bonchev–Trinajstić information content (AvgIpc) is 2.55. The Morgan fingerprint density at radius 3 is 2.39 bits per heavy atom. The topological polar surface area (TPSA) is 45.2 Å². The summed E-state index contributed by atoms with van der Waals surface area (Å²) in [5, 5.41) is 13.6. The molecular weight excluding hydrogens is 305 g/mol. The first-order valence-electron chi connectivity index (χ1n) is 7.39. The average molecular weight is 324 g/mol. The van der Waals surface area contributed by atoms with E-state index in [1.807, 2.05) is 19.1 Å². The van der Waals surface area contributed by atoms with Crippen LogP contribution in [0.15, 0.2) is 48.8 Å². The number of nitrogens with zero attached hydrogens (tertiary/aromatic N) is 1. The van der Waals surface area contributed by atoms with Crippen molar-refractivity contribution < 1.29 is 18.3 Å². The third-order valence-electron chi connectivity index (χ3n) is 3.69. The van der Waals surface area contributed by atoms with Crippen molar-refractivity contribution in [2.24, 2.45) is 0 Å². The summed E-state index contributed by atoms with van der Waals surface area (Å²) in [4.78, 5) is 4.02. The molecule has 0 aliphatic rings. The second kappa shape index (κ2) is 7.57. The van der Waals surface area contributed by atoms with Gasteiger partial charge in [0.1, 0.15) is 0 Å². The van der Waals surface area contributed by atoms with Gasteiger partial charge in [-0.3, -0.25) is 4.98 Å². The zero-order valence-electron chi connectivity index (χ0n) is 12.7. The van der Waals surface area contributed by atoms with Gasteiger partial charge in [0.25, 0.3) is 0 Å². The summed E-state index contributed by atoms with van der Waals surface area (Å²) in [6.45, 7) is 2.44. The number of nitrogens with one attached hydrogen (secondary N) is 1. The maximum absolute atomic E-state index is 12.6. The molecule has 0 aliphatic carbocycles. The molecule has 0 spiro atoms. The zero-order chi connectivity index (χ0) is 16.9. The number of aliphatic hydroxyl groups is 1. The van der Waals surface area contributed by atoms with E-state index in [9.17, 15) is 18.3 Å². The third-order valence-corrected chi connectivity index (χ3v) is 3.69. The monoisotopic (exact) mass is 324 g/mol. The van der Waals surface area contributed by atoms with Crippen molar-refractivity contribution in [3.63, 3.8) is 0 Å². The first-order valence-corrected chi connectivity index (χ1v) is 7.39. The number of hydrogen-bond acceptors (Lipinski definition) is 3. The lowest BCUT2D eigenvalue weighted by atomic mass is 9.99. The van der Waals surface area contributed by atoms with Gasteiger partial charge in [0.05, 0.1) is 11.7 Å². The Bertz CT molecular complexity index is 599. The van der Waals surface area contributed by atoms with Crippen LogP contribution in [0.2, 0.25) is 0 Å². The molecule has 23 heavy (non-hydrogen) atoms. The normalized spacial score (nSPS) is 14.5. The molecule has 2 rings (SSSR count). The quantitative estimate of drug-likeness (QED) is 0.851. The highest BCUT2D eigenvalue weighted by molar-refractivity contribution is 5.26. The summed E-state index contributed by atoms with van der Waals surface area (Å²) in [6.07, 6.45) is -1.20. The van der Waals surface area contributed by atoms with Crippen LogP contribution in [0.4, 0.5) is 13.2 Å². The number of rotatable bonds is 6. The molecule has 3 nitrogen and oxygen atoms in total. The molecule has 1 heterocycles. The smallest absolute Gasteiger partial charge is 0.387 e. The van der Waals surface area contributed by atoms with E-state index in [1.54, 1.807) is 12.4 Å². The van der Waals surface area contributed by atoms with Crippen LogP contribution in [0.25, 0.3) is 0 Å². The van der Waals surface area contributed by atoms with E-state index < -0.39 is 17.8 Å². The van der Waals surface area contributed by atoms with E-state index in [-0.39, 0.29) is 6.04 Å². The van der Waals surface area contributed by atoms with Crippen molar-refractivity contribution in [3.05, 3.63) is 65.5 Å². The minimum Gasteiger partial charge on any atom is -0.387 e. The molecule has 0 fully saturated rings. The van der Waals surface area contributed by atoms with Crippen molar-refractivity contribution in [1.29, 1.82) is 0 Å². The van der Waals surface area contributed by atoms with Gasteiger partial charge >= 0.3 is 6.18 Å². The summed E-state index contributed by atoms with van der Waals surface area (Å²) < 4.78 is 37.7. The van der Waals surface area contributed by atoms with E-state index >= 15 is 0 Å². The van der Waals surface area contributed by atoms with Gasteiger partial charge in [0, 0.05) is 25.0 Å². The Balaban J connectivity index is 2.03. The van der Waals surface area contributed by atoms with Crippen LogP contribution in [0.1, 0.15) is 36.1 Å². The molecule has 1 aromatic carbocycles. The number of halogens is 3. The Kier molecular flexibility index (Phi) is 5.74. The molecule has 6 heteroatoms. The van der Waals surface area contributed by atoms with Crippen molar-refractivity contribution in [1.82, 2.24) is 10.3 Å². The minimum absolute atomic E-state index is 0.257. The molecule has 0 saturated heterocycles. The van der Waals surface area contributed by atoms with E-state index in [0.717, 1.165) is 17.7 Å². The highest BCUT2D eigenvalue weighted by Crippen LogP contribution is 2.30. The fourth-order valence-electron chi connectivity index (χ4n) is 2.33. The zero-order valence-corrected chi connectivity index (χ0v) is 12.7. The fourth-order valence-corrected chi connectivity index (χ4v) is 2.33. The van der Waals surface area contributed by atoms with Gasteiger partial charge in [-0.1, -0.05) is 25.1 Å². The maximum Gasteiger partial charge on any atom is 0.416 e. The SMILES string of the molecule is CCC(NCc1cccnc1)C(O)c1ccc(C(F)(F)F)cc1. The van der Waals surface area contributed by atoms with E-state index in [1.165, 1.54) is 12.1 Å². The molecule has 2 atom stereocenters. The number of aliphatic hydroxyl groups excluding tert-OH is 1. The molecule has 0 amide bonds. The lowest BCUT2D eigenvalue weighted by molar-refractivity contribution is -0.137. The molecule has 0 aliphatic heterocycles. The molecular formula is C17H19F3N2O. The Hall–Kier alpha value is -1.92. The fraction of sp³-hybridized carbons (Fsp3) is 0.353. The number of alkyl halides is 3. The van der Waals surface area contributed by atoms with Crippen LogP contribution in [0, 0.1) is 0 Å². The van der Waals surface area contributed by atoms with Gasteiger partial charge in [-0.05, 0) is 35.7 Å². The third kappa shape index (κ3) is 4.77. The van der Waals surface area contributed by atoms with Crippen LogP contribution >= 0.6 is 0 Å². The van der Waals surface area contributed by atoms with Gasteiger partial charge in [0.2, 0.25) is 0 Å². The Labute approximate surface area is 133 Å². The van der Waals surface area contributed by atoms with Gasteiger partial charge in [-0.25, -0.2) is 0 Å². The predicted octanol–water partition coefficient (Wildman–Crippen LogP) is 3.70. The summed E-state index contributed by atoms with van der Waals surface area (Å²) in [5.41, 5.74) is 0.721. The van der Waals surface area contributed by atoms with E-state index in [4.69, 9.17) is 0 Å². The van der Waals surface area contributed by atoms with Crippen molar-refractivity contribution >= 4 is 0 Å². The number of pyridine rings is 1. The standard InChI is InChI=1S/C17H19F3N2O/c1-2-15(22-11-12-4-3-9-21-10-12)16(23)13-5-7-14(8-6-13)17(18,19)20/h3-10,15-16,22-23H,2,11H2,1H3. The maximum atomic E-state index is 12.6. The highest BCUT2D eigenvalue weighted by Gasteiger charge is 2.30. The Morgan fingerprint density at radius 2 is 1.87 bits per heavy atom. The van der Waals surface area contributed by atoms with Crippen molar-refractivity contribution in [2.75, 3.05) is 0 Å². The Morgan fingerprint density at radius 1 is 1.17 bits per heavy atom. The largest absolute Gasteiger partial charge is 0.416 e. The molecule has 2 N–H and O–H groups in total. The number of hydrogen-bond donors (Lipinski definition) is 2. The summed E-state index contributed by atoms with van der Waals surface area (Å²) in [7, 11) is 0. The van der Waals surface area contributed by atoms with Gasteiger partial charge in [-0.15, -0.1) is 0 Å². The highest BCUT2D eigenvalue weighted by atomic mass is 19.4. The van der Waals surface area contributed by atoms with E-state index in [2.05, 4.69) is 10.3 Å². The first-order chi connectivity index (χ1) is 10.9. The lowest BCUT2D eigenvalue weighted by Crippen LogP contribution is -2.34. The molecule has 0 saturated carbocycles. The second-order valence-corrected chi connectivity index (χ2v) is 5.32.